The van der Waals surface area contributed by atoms with Crippen molar-refractivity contribution in [1.29, 1.82) is 0 Å². The van der Waals surface area contributed by atoms with Crippen LogP contribution in [0.1, 0.15) is 84.5 Å². The minimum atomic E-state index is -2.43. The maximum absolute atomic E-state index is 13.9. The van der Waals surface area contributed by atoms with Crippen LogP contribution in [0.25, 0.3) is 0 Å². The molecule has 0 bridgehead atoms. The van der Waals surface area contributed by atoms with Crippen LogP contribution in [-0.2, 0) is 9.47 Å². The number of benzene rings is 1. The van der Waals surface area contributed by atoms with E-state index in [0.717, 1.165) is 18.4 Å². The Labute approximate surface area is 233 Å². The number of carboxylic acid groups (broad SMARTS) is 1. The molecule has 2 amide bonds. The van der Waals surface area contributed by atoms with Gasteiger partial charge in [-0.15, -0.1) is 0 Å². The van der Waals surface area contributed by atoms with E-state index >= 15 is 0 Å². The smallest absolute Gasteiger partial charge is 0.414 e. The van der Waals surface area contributed by atoms with Crippen molar-refractivity contribution >= 4 is 26.0 Å². The van der Waals surface area contributed by atoms with E-state index in [4.69, 9.17) is 18.6 Å². The fraction of sp³-hybridized carbons (Fsp3) is 0.655. The molecular formula is C29H44N2O7Si. The molecule has 216 valence electrons. The molecular weight excluding hydrogens is 516 g/mol. The second-order valence-electron chi connectivity index (χ2n) is 11.9. The molecule has 3 heterocycles. The van der Waals surface area contributed by atoms with Gasteiger partial charge in [0.1, 0.15) is 5.75 Å². The molecule has 4 rings (SSSR count). The van der Waals surface area contributed by atoms with Gasteiger partial charge in [-0.05, 0) is 55.3 Å². The maximum atomic E-state index is 13.9. The third kappa shape index (κ3) is 5.30. The van der Waals surface area contributed by atoms with Crippen LogP contribution in [0.2, 0.25) is 16.6 Å². The van der Waals surface area contributed by atoms with E-state index in [0.29, 0.717) is 30.9 Å². The summed E-state index contributed by atoms with van der Waals surface area (Å²) < 4.78 is 25.0. The number of carbonyl (C=O) groups excluding carboxylic acids is 1. The van der Waals surface area contributed by atoms with E-state index in [-0.39, 0.29) is 33.8 Å². The summed E-state index contributed by atoms with van der Waals surface area (Å²) in [6.07, 6.45) is 2.16. The fourth-order valence-corrected chi connectivity index (χ4v) is 12.0. The Balaban J connectivity index is 1.89. The molecule has 3 atom stereocenters. The first-order valence-electron chi connectivity index (χ1n) is 14.1. The molecule has 2 unspecified atom stereocenters. The molecule has 1 saturated heterocycles. The highest BCUT2D eigenvalue weighted by Gasteiger charge is 2.50. The summed E-state index contributed by atoms with van der Waals surface area (Å²) in [5, 5.41) is 10.6. The first-order valence-corrected chi connectivity index (χ1v) is 16.3. The molecule has 9 nitrogen and oxygen atoms in total. The number of fused-ring (bicyclic) bond motifs is 2. The maximum Gasteiger partial charge on any atom is 0.414 e. The number of amides is 2. The van der Waals surface area contributed by atoms with Gasteiger partial charge in [0.05, 0.1) is 24.4 Å². The van der Waals surface area contributed by atoms with Crippen LogP contribution in [0.4, 0.5) is 10.5 Å². The first-order chi connectivity index (χ1) is 18.4. The van der Waals surface area contributed by atoms with Crippen molar-refractivity contribution < 1.29 is 33.3 Å². The number of nitrogens with zero attached hydrogens (tertiary/aromatic N) is 2. The SMILES string of the molecule is COc1cc2c(cc1O[Si](C(C)C)(C(C)C)C(C)C)N(C(=O)O)C(OC1CCCCO1)[C@@H]1CC(C)=CN1C2=O. The summed E-state index contributed by atoms with van der Waals surface area (Å²) in [5.74, 6) is 0.580. The van der Waals surface area contributed by atoms with Gasteiger partial charge in [-0.1, -0.05) is 47.1 Å². The minimum absolute atomic E-state index is 0.235. The van der Waals surface area contributed by atoms with E-state index < -0.39 is 33.0 Å². The van der Waals surface area contributed by atoms with Crippen molar-refractivity contribution in [2.45, 2.75) is 109 Å². The predicted octanol–water partition coefficient (Wildman–Crippen LogP) is 6.74. The van der Waals surface area contributed by atoms with E-state index in [9.17, 15) is 14.7 Å². The molecule has 1 fully saturated rings. The Bertz CT molecular complexity index is 1090. The molecule has 0 spiro atoms. The van der Waals surface area contributed by atoms with Gasteiger partial charge >= 0.3 is 6.09 Å². The molecule has 0 radical (unpaired) electrons. The zero-order chi connectivity index (χ0) is 28.6. The summed E-state index contributed by atoms with van der Waals surface area (Å²) in [6, 6.07) is 2.78. The molecule has 3 aliphatic rings. The lowest BCUT2D eigenvalue weighted by Gasteiger charge is -2.42. The van der Waals surface area contributed by atoms with Gasteiger partial charge in [-0.25, -0.2) is 9.69 Å². The predicted molar refractivity (Wildman–Crippen MR) is 152 cm³/mol. The highest BCUT2D eigenvalue weighted by molar-refractivity contribution is 6.78. The summed E-state index contributed by atoms with van der Waals surface area (Å²) in [4.78, 5) is 29.7. The van der Waals surface area contributed by atoms with Gasteiger partial charge in [0.15, 0.2) is 18.3 Å². The molecule has 1 N–H and O–H groups in total. The quantitative estimate of drug-likeness (QED) is 0.352. The van der Waals surface area contributed by atoms with Crippen LogP contribution in [0.3, 0.4) is 0 Å². The molecule has 0 aromatic heterocycles. The summed E-state index contributed by atoms with van der Waals surface area (Å²) >= 11 is 0. The van der Waals surface area contributed by atoms with E-state index in [1.54, 1.807) is 30.3 Å². The molecule has 1 aromatic carbocycles. The average Bonchev–Trinajstić information content (AvgIpc) is 3.24. The number of hydrogen-bond donors (Lipinski definition) is 1. The van der Waals surface area contributed by atoms with Crippen LogP contribution in [0.5, 0.6) is 11.5 Å². The van der Waals surface area contributed by atoms with Gasteiger partial charge in [0.2, 0.25) is 0 Å². The van der Waals surface area contributed by atoms with E-state index in [2.05, 4.69) is 41.5 Å². The molecule has 0 saturated carbocycles. The number of anilines is 1. The topological polar surface area (TPSA) is 97.8 Å². The molecule has 1 aromatic rings. The van der Waals surface area contributed by atoms with Crippen molar-refractivity contribution in [1.82, 2.24) is 4.90 Å². The van der Waals surface area contributed by atoms with Gasteiger partial charge in [-0.3, -0.25) is 4.79 Å². The first kappa shape index (κ1) is 29.4. The zero-order valence-corrected chi connectivity index (χ0v) is 25.5. The Morgan fingerprint density at radius 2 is 1.74 bits per heavy atom. The molecule has 39 heavy (non-hydrogen) atoms. The fourth-order valence-electron chi connectivity index (χ4n) is 6.75. The van der Waals surface area contributed by atoms with Crippen LogP contribution in [0.15, 0.2) is 23.9 Å². The van der Waals surface area contributed by atoms with Crippen molar-refractivity contribution in [2.75, 3.05) is 18.6 Å². The van der Waals surface area contributed by atoms with Crippen molar-refractivity contribution in [3.63, 3.8) is 0 Å². The lowest BCUT2D eigenvalue weighted by atomic mass is 10.1. The molecule has 10 heteroatoms. The second kappa shape index (κ2) is 11.5. The Morgan fingerprint density at radius 1 is 1.08 bits per heavy atom. The van der Waals surface area contributed by atoms with Crippen LogP contribution in [-0.4, -0.2) is 62.6 Å². The van der Waals surface area contributed by atoms with Gasteiger partial charge < -0.3 is 28.6 Å². The van der Waals surface area contributed by atoms with Crippen LogP contribution < -0.4 is 14.1 Å². The third-order valence-electron chi connectivity index (χ3n) is 8.47. The number of rotatable bonds is 8. The monoisotopic (exact) mass is 560 g/mol. The summed E-state index contributed by atoms with van der Waals surface area (Å²) in [6.45, 7) is 15.6. The Morgan fingerprint density at radius 3 is 2.28 bits per heavy atom. The summed E-state index contributed by atoms with van der Waals surface area (Å²) in [5.41, 5.74) is 2.32. The lowest BCUT2D eigenvalue weighted by molar-refractivity contribution is -0.194. The largest absolute Gasteiger partial charge is 0.540 e. The third-order valence-corrected chi connectivity index (χ3v) is 14.5. The number of methoxy groups -OCH3 is 1. The Hall–Kier alpha value is -2.56. The van der Waals surface area contributed by atoms with Crippen molar-refractivity contribution in [2.24, 2.45) is 0 Å². The Kier molecular flexibility index (Phi) is 8.68. The normalized spacial score (nSPS) is 23.6. The summed E-state index contributed by atoms with van der Waals surface area (Å²) in [7, 11) is -0.881. The van der Waals surface area contributed by atoms with Crippen LogP contribution in [0, 0.1) is 0 Å². The van der Waals surface area contributed by atoms with Crippen molar-refractivity contribution in [3.8, 4) is 11.5 Å². The van der Waals surface area contributed by atoms with Crippen molar-refractivity contribution in [3.05, 3.63) is 29.5 Å². The van der Waals surface area contributed by atoms with Gasteiger partial charge in [0, 0.05) is 18.9 Å². The van der Waals surface area contributed by atoms with Gasteiger partial charge in [0.25, 0.3) is 14.2 Å². The standard InChI is InChI=1S/C29H44N2O7Si/c1-17(2)39(18(3)4,19(5)6)38-25-15-22-21(14-24(25)35-8)27(32)30-16-20(7)13-23(30)28(31(22)29(33)34)37-26-11-9-10-12-36-26/h14-19,23,26,28H,9-13H2,1-8H3,(H,33,34)/t23-,26?,28?/m0/s1. The highest BCUT2D eigenvalue weighted by Crippen LogP contribution is 2.48. The van der Waals surface area contributed by atoms with Crippen LogP contribution >= 0.6 is 0 Å². The zero-order valence-electron chi connectivity index (χ0n) is 24.5. The number of carbonyl (C=O) groups is 2. The number of hydrogen-bond acceptors (Lipinski definition) is 6. The van der Waals surface area contributed by atoms with Gasteiger partial charge in [-0.2, -0.15) is 0 Å². The van der Waals surface area contributed by atoms with E-state index in [1.165, 1.54) is 4.90 Å². The average molecular weight is 561 g/mol. The molecule has 0 aliphatic carbocycles. The second-order valence-corrected chi connectivity index (χ2v) is 17.2. The number of ether oxygens (including phenoxy) is 3. The molecule has 3 aliphatic heterocycles. The lowest BCUT2D eigenvalue weighted by Crippen LogP contribution is -2.53. The van der Waals surface area contributed by atoms with E-state index in [1.807, 2.05) is 6.92 Å². The highest BCUT2D eigenvalue weighted by atomic mass is 28.4. The minimum Gasteiger partial charge on any atom is -0.540 e.